The lowest BCUT2D eigenvalue weighted by atomic mass is 9.86. The number of carbonyl (C=O) groups is 1. The highest BCUT2D eigenvalue weighted by Crippen LogP contribution is 2.39. The summed E-state index contributed by atoms with van der Waals surface area (Å²) in [5.41, 5.74) is 4.92. The molecule has 0 amide bonds. The standard InChI is InChI=1S/C34H44FN3O2S/c1-5-30-33(41-31(36-30)18-24-9-11-28(35)12-10-24)25-13-15-37(16-14-25)19-27-20-38(32(22(2)3)34(39)40)21-29(27)26-8-6-7-23(4)17-26/h6-12,17,22,25,27,29,32H,5,13-16,18-21H2,1-4H3,(H,39,40)/t27-,29+,32+/m0/s1. The van der Waals surface area contributed by atoms with E-state index in [0.29, 0.717) is 17.8 Å². The summed E-state index contributed by atoms with van der Waals surface area (Å²) in [5, 5.41) is 11.1. The van der Waals surface area contributed by atoms with Gasteiger partial charge in [0.1, 0.15) is 11.9 Å². The van der Waals surface area contributed by atoms with E-state index in [2.05, 4.69) is 47.9 Å². The number of rotatable bonds is 10. The number of hydrogen-bond donors (Lipinski definition) is 1. The van der Waals surface area contributed by atoms with Gasteiger partial charge in [-0.1, -0.05) is 62.7 Å². The van der Waals surface area contributed by atoms with E-state index in [-0.39, 0.29) is 11.7 Å². The van der Waals surface area contributed by atoms with Crippen LogP contribution in [0.5, 0.6) is 0 Å². The van der Waals surface area contributed by atoms with Gasteiger partial charge in [0.15, 0.2) is 0 Å². The van der Waals surface area contributed by atoms with Crippen molar-refractivity contribution in [2.24, 2.45) is 11.8 Å². The van der Waals surface area contributed by atoms with Crippen molar-refractivity contribution < 1.29 is 14.3 Å². The van der Waals surface area contributed by atoms with E-state index in [9.17, 15) is 14.3 Å². The number of likely N-dealkylation sites (tertiary alicyclic amines) is 2. The normalized spacial score (nSPS) is 21.5. The van der Waals surface area contributed by atoms with Crippen molar-refractivity contribution in [3.05, 3.63) is 86.6 Å². The molecule has 0 aliphatic carbocycles. The van der Waals surface area contributed by atoms with Crippen LogP contribution in [0.1, 0.15) is 77.7 Å². The number of carboxylic acids is 1. The SMILES string of the molecule is CCc1nc(Cc2ccc(F)cc2)sc1C1CCN(C[C@H]2CN([C@@H](C(=O)O)C(C)C)C[C@@H]2c2cccc(C)c2)CC1. The Morgan fingerprint density at radius 2 is 1.85 bits per heavy atom. The lowest BCUT2D eigenvalue weighted by molar-refractivity contribution is -0.144. The molecule has 220 valence electrons. The molecule has 2 aliphatic rings. The Morgan fingerprint density at radius 1 is 1.12 bits per heavy atom. The zero-order chi connectivity index (χ0) is 29.1. The quantitative estimate of drug-likeness (QED) is 0.289. The van der Waals surface area contributed by atoms with Gasteiger partial charge in [-0.15, -0.1) is 11.3 Å². The van der Waals surface area contributed by atoms with Crippen molar-refractivity contribution in [3.8, 4) is 0 Å². The molecular weight excluding hydrogens is 533 g/mol. The fraction of sp³-hybridized carbons (Fsp3) is 0.529. The molecule has 0 saturated carbocycles. The van der Waals surface area contributed by atoms with E-state index < -0.39 is 12.0 Å². The fourth-order valence-electron chi connectivity index (χ4n) is 7.01. The van der Waals surface area contributed by atoms with Gasteiger partial charge in [0.25, 0.3) is 0 Å². The Bertz CT molecular complexity index is 1320. The first-order valence-electron chi connectivity index (χ1n) is 15.2. The number of benzene rings is 2. The van der Waals surface area contributed by atoms with Crippen molar-refractivity contribution in [1.29, 1.82) is 0 Å². The first kappa shape index (κ1) is 29.9. The van der Waals surface area contributed by atoms with Crippen LogP contribution in [-0.2, 0) is 17.6 Å². The second kappa shape index (κ2) is 13.1. The van der Waals surface area contributed by atoms with Gasteiger partial charge in [0.05, 0.1) is 10.7 Å². The predicted octanol–water partition coefficient (Wildman–Crippen LogP) is 6.75. The smallest absolute Gasteiger partial charge is 0.321 e. The second-order valence-corrected chi connectivity index (χ2v) is 13.5. The number of hydrogen-bond acceptors (Lipinski definition) is 5. The monoisotopic (exact) mass is 577 g/mol. The molecule has 0 unspecified atom stereocenters. The Kier molecular flexibility index (Phi) is 9.57. The Balaban J connectivity index is 1.25. The van der Waals surface area contributed by atoms with Crippen LogP contribution in [0.25, 0.3) is 0 Å². The molecule has 5 rings (SSSR count). The highest BCUT2D eigenvalue weighted by molar-refractivity contribution is 7.11. The maximum Gasteiger partial charge on any atom is 0.321 e. The summed E-state index contributed by atoms with van der Waals surface area (Å²) in [4.78, 5) is 23.5. The van der Waals surface area contributed by atoms with Gasteiger partial charge < -0.3 is 10.0 Å². The maximum absolute atomic E-state index is 13.3. The van der Waals surface area contributed by atoms with Crippen LogP contribution >= 0.6 is 11.3 Å². The van der Waals surface area contributed by atoms with Gasteiger partial charge in [-0.2, -0.15) is 0 Å². The van der Waals surface area contributed by atoms with Crippen LogP contribution in [-0.4, -0.2) is 64.6 Å². The minimum atomic E-state index is -0.709. The molecule has 3 heterocycles. The van der Waals surface area contributed by atoms with E-state index in [1.165, 1.54) is 33.8 Å². The highest BCUT2D eigenvalue weighted by Gasteiger charge is 2.41. The molecule has 2 aliphatic heterocycles. The van der Waals surface area contributed by atoms with Crippen molar-refractivity contribution in [2.45, 2.75) is 71.3 Å². The van der Waals surface area contributed by atoms with Gasteiger partial charge in [0.2, 0.25) is 0 Å². The summed E-state index contributed by atoms with van der Waals surface area (Å²) in [7, 11) is 0. The summed E-state index contributed by atoms with van der Waals surface area (Å²) in [6.07, 6.45) is 3.94. The number of halogens is 1. The molecular formula is C34H44FN3O2S. The number of aryl methyl sites for hydroxylation is 2. The van der Waals surface area contributed by atoms with Gasteiger partial charge in [0, 0.05) is 36.9 Å². The number of nitrogens with zero attached hydrogens (tertiary/aromatic N) is 3. The largest absolute Gasteiger partial charge is 0.480 e. The summed E-state index contributed by atoms with van der Waals surface area (Å²) >= 11 is 1.85. The van der Waals surface area contributed by atoms with E-state index in [1.807, 2.05) is 37.3 Å². The van der Waals surface area contributed by atoms with E-state index in [4.69, 9.17) is 4.98 Å². The predicted molar refractivity (Wildman–Crippen MR) is 164 cm³/mol. The van der Waals surface area contributed by atoms with Crippen LogP contribution in [0.2, 0.25) is 0 Å². The molecule has 3 atom stereocenters. The molecule has 41 heavy (non-hydrogen) atoms. The van der Waals surface area contributed by atoms with Gasteiger partial charge >= 0.3 is 5.97 Å². The zero-order valence-electron chi connectivity index (χ0n) is 24.9. The van der Waals surface area contributed by atoms with Crippen molar-refractivity contribution in [1.82, 2.24) is 14.8 Å². The van der Waals surface area contributed by atoms with Gasteiger partial charge in [-0.3, -0.25) is 9.69 Å². The van der Waals surface area contributed by atoms with E-state index in [0.717, 1.165) is 69.0 Å². The zero-order valence-corrected chi connectivity index (χ0v) is 25.7. The first-order valence-corrected chi connectivity index (χ1v) is 16.0. The third kappa shape index (κ3) is 7.07. The van der Waals surface area contributed by atoms with Crippen molar-refractivity contribution in [2.75, 3.05) is 32.7 Å². The summed E-state index contributed by atoms with van der Waals surface area (Å²) < 4.78 is 13.3. The lowest BCUT2D eigenvalue weighted by Crippen LogP contribution is -2.44. The molecule has 1 aromatic heterocycles. The fourth-order valence-corrected chi connectivity index (χ4v) is 8.37. The molecule has 0 radical (unpaired) electrons. The number of aromatic nitrogens is 1. The van der Waals surface area contributed by atoms with E-state index >= 15 is 0 Å². The molecule has 2 aromatic carbocycles. The Morgan fingerprint density at radius 3 is 2.49 bits per heavy atom. The van der Waals surface area contributed by atoms with E-state index in [1.54, 1.807) is 0 Å². The van der Waals surface area contributed by atoms with Crippen LogP contribution in [0.4, 0.5) is 4.39 Å². The van der Waals surface area contributed by atoms with Gasteiger partial charge in [-0.05, 0) is 80.3 Å². The number of thiazole rings is 1. The summed E-state index contributed by atoms with van der Waals surface area (Å²) in [5.74, 6) is 0.443. The topological polar surface area (TPSA) is 56.7 Å². The third-order valence-corrected chi connectivity index (χ3v) is 10.3. The third-order valence-electron chi connectivity index (χ3n) is 9.04. The number of piperidine rings is 1. The van der Waals surface area contributed by atoms with Crippen LogP contribution < -0.4 is 0 Å². The molecule has 5 nitrogen and oxygen atoms in total. The van der Waals surface area contributed by atoms with Crippen LogP contribution in [0.15, 0.2) is 48.5 Å². The van der Waals surface area contributed by atoms with Crippen LogP contribution in [0.3, 0.4) is 0 Å². The minimum Gasteiger partial charge on any atom is -0.480 e. The highest BCUT2D eigenvalue weighted by atomic mass is 32.1. The molecule has 3 aromatic rings. The lowest BCUT2D eigenvalue weighted by Gasteiger charge is -2.34. The van der Waals surface area contributed by atoms with Gasteiger partial charge in [-0.25, -0.2) is 9.37 Å². The maximum atomic E-state index is 13.3. The molecule has 0 spiro atoms. The van der Waals surface area contributed by atoms with Crippen molar-refractivity contribution >= 4 is 17.3 Å². The summed E-state index contributed by atoms with van der Waals surface area (Å²) in [6, 6.07) is 15.1. The Labute approximate surface area is 248 Å². The second-order valence-electron chi connectivity index (χ2n) is 12.4. The molecule has 1 N–H and O–H groups in total. The Hall–Kier alpha value is -2.61. The van der Waals surface area contributed by atoms with Crippen molar-refractivity contribution in [3.63, 3.8) is 0 Å². The first-order chi connectivity index (χ1) is 19.7. The van der Waals surface area contributed by atoms with Crippen LogP contribution in [0, 0.1) is 24.6 Å². The molecule has 2 saturated heterocycles. The molecule has 7 heteroatoms. The molecule has 0 bridgehead atoms. The summed E-state index contributed by atoms with van der Waals surface area (Å²) in [6.45, 7) is 13.1. The number of aliphatic carboxylic acids is 1. The average Bonchev–Trinajstić information content (AvgIpc) is 3.54. The average molecular weight is 578 g/mol. The number of carboxylic acid groups (broad SMARTS) is 1. The minimum absolute atomic E-state index is 0.0697. The molecule has 2 fully saturated rings.